The topological polar surface area (TPSA) is 76.3 Å². The van der Waals surface area contributed by atoms with E-state index in [-0.39, 0.29) is 11.3 Å². The first-order chi connectivity index (χ1) is 16.7. The number of amides is 1. The molecule has 1 amide bonds. The van der Waals surface area contributed by atoms with Crippen molar-refractivity contribution in [3.05, 3.63) is 98.7 Å². The molecule has 0 fully saturated rings. The van der Waals surface area contributed by atoms with Crippen molar-refractivity contribution in [2.24, 2.45) is 5.10 Å². The lowest BCUT2D eigenvalue weighted by atomic mass is 10.1. The van der Waals surface area contributed by atoms with Crippen LogP contribution in [0.15, 0.2) is 92.3 Å². The molecule has 1 aromatic heterocycles. The van der Waals surface area contributed by atoms with Crippen LogP contribution in [0.5, 0.6) is 0 Å². The van der Waals surface area contributed by atoms with Crippen molar-refractivity contribution in [2.45, 2.75) is 11.3 Å². The van der Waals surface area contributed by atoms with Gasteiger partial charge in [0.15, 0.2) is 5.16 Å². The summed E-state index contributed by atoms with van der Waals surface area (Å²) in [6.45, 7) is 0. The van der Waals surface area contributed by atoms with Crippen molar-refractivity contribution in [3.63, 3.8) is 0 Å². The van der Waals surface area contributed by atoms with Crippen LogP contribution in [0.3, 0.4) is 0 Å². The van der Waals surface area contributed by atoms with E-state index in [2.05, 4.69) is 31.4 Å². The van der Waals surface area contributed by atoms with Crippen molar-refractivity contribution in [1.29, 1.82) is 0 Å². The quantitative estimate of drug-likeness (QED) is 0.148. The van der Waals surface area contributed by atoms with Gasteiger partial charge in [-0.15, -0.1) is 0 Å². The molecule has 3 aromatic carbocycles. The number of hydrogen-bond acceptors (Lipinski definition) is 5. The van der Waals surface area contributed by atoms with Crippen molar-refractivity contribution < 1.29 is 18.0 Å². The number of para-hydroxylation sites is 1. The van der Waals surface area contributed by atoms with Crippen LogP contribution < -0.4 is 11.0 Å². The largest absolute Gasteiger partial charge is 0.416 e. The van der Waals surface area contributed by atoms with E-state index < -0.39 is 17.6 Å². The van der Waals surface area contributed by atoms with Crippen LogP contribution in [0.2, 0.25) is 0 Å². The van der Waals surface area contributed by atoms with E-state index in [1.807, 2.05) is 0 Å². The highest BCUT2D eigenvalue weighted by Crippen LogP contribution is 2.29. The molecule has 0 radical (unpaired) electrons. The number of fused-ring (bicyclic) bond motifs is 1. The fourth-order valence-electron chi connectivity index (χ4n) is 3.13. The molecule has 0 aliphatic rings. The third-order valence-corrected chi connectivity index (χ3v) is 6.27. The predicted octanol–water partition coefficient (Wildman–Crippen LogP) is 5.41. The normalized spacial score (nSPS) is 11.8. The van der Waals surface area contributed by atoms with Gasteiger partial charge < -0.3 is 0 Å². The molecule has 1 N–H and O–H groups in total. The summed E-state index contributed by atoms with van der Waals surface area (Å²) in [7, 11) is 0. The summed E-state index contributed by atoms with van der Waals surface area (Å²) in [6.07, 6.45) is -3.18. The second kappa shape index (κ2) is 10.4. The van der Waals surface area contributed by atoms with E-state index >= 15 is 0 Å². The molecule has 4 aromatic rings. The SMILES string of the molecule is O=C(CSc1nc2ccccc2c(=O)n1-c1ccc(Br)cc1)NN=Cc1ccc(C(F)(F)F)cc1. The van der Waals surface area contributed by atoms with Gasteiger partial charge in [-0.2, -0.15) is 18.3 Å². The molecular weight excluding hydrogens is 545 g/mol. The van der Waals surface area contributed by atoms with Crippen LogP contribution in [0, 0.1) is 0 Å². The summed E-state index contributed by atoms with van der Waals surface area (Å²) in [4.78, 5) is 30.1. The first-order valence-electron chi connectivity index (χ1n) is 10.1. The zero-order valence-electron chi connectivity index (χ0n) is 17.8. The summed E-state index contributed by atoms with van der Waals surface area (Å²) < 4.78 is 40.2. The summed E-state index contributed by atoms with van der Waals surface area (Å²) >= 11 is 4.44. The third-order valence-electron chi connectivity index (χ3n) is 4.80. The number of benzene rings is 3. The maximum atomic E-state index is 13.2. The van der Waals surface area contributed by atoms with Gasteiger partial charge in [-0.3, -0.25) is 14.2 Å². The predicted molar refractivity (Wildman–Crippen MR) is 133 cm³/mol. The molecule has 0 atom stereocenters. The van der Waals surface area contributed by atoms with Crippen LogP contribution in [-0.2, 0) is 11.0 Å². The molecule has 6 nitrogen and oxygen atoms in total. The minimum atomic E-state index is -4.42. The summed E-state index contributed by atoms with van der Waals surface area (Å²) in [5, 5.41) is 4.57. The van der Waals surface area contributed by atoms with Gasteiger partial charge in [0.05, 0.1) is 34.1 Å². The Morgan fingerprint density at radius 1 is 1.06 bits per heavy atom. The highest BCUT2D eigenvalue weighted by molar-refractivity contribution is 9.10. The summed E-state index contributed by atoms with van der Waals surface area (Å²) in [5.74, 6) is -0.561. The smallest absolute Gasteiger partial charge is 0.272 e. The Balaban J connectivity index is 1.50. The monoisotopic (exact) mass is 560 g/mol. The number of carbonyl (C=O) groups is 1. The third kappa shape index (κ3) is 5.98. The molecule has 0 unspecified atom stereocenters. The lowest BCUT2D eigenvalue weighted by Gasteiger charge is -2.13. The maximum Gasteiger partial charge on any atom is 0.416 e. The maximum absolute atomic E-state index is 13.2. The number of nitrogens with zero attached hydrogens (tertiary/aromatic N) is 3. The second-order valence-electron chi connectivity index (χ2n) is 7.23. The Hall–Kier alpha value is -3.44. The fraction of sp³-hybridized carbons (Fsp3) is 0.0833. The molecule has 35 heavy (non-hydrogen) atoms. The highest BCUT2D eigenvalue weighted by Gasteiger charge is 2.29. The molecule has 1 heterocycles. The molecular formula is C24H16BrF3N4O2S. The van der Waals surface area contributed by atoms with Gasteiger partial charge >= 0.3 is 6.18 Å². The Kier molecular flexibility index (Phi) is 7.37. The number of nitrogens with one attached hydrogen (secondary N) is 1. The van der Waals surface area contributed by atoms with Gasteiger partial charge in [0, 0.05) is 4.47 Å². The lowest BCUT2D eigenvalue weighted by Crippen LogP contribution is -2.24. The number of carbonyl (C=O) groups excluding carboxylic acids is 1. The number of hydrazone groups is 1. The zero-order chi connectivity index (χ0) is 25.0. The standard InChI is InChI=1S/C24H16BrF3N4O2S/c25-17-9-11-18(12-10-17)32-22(34)19-3-1-2-4-20(19)30-23(32)35-14-21(33)31-29-13-15-5-7-16(8-6-15)24(26,27)28/h1-13H,14H2,(H,31,33). The van der Waals surface area contributed by atoms with E-state index in [1.54, 1.807) is 48.5 Å². The molecule has 0 saturated carbocycles. The summed E-state index contributed by atoms with van der Waals surface area (Å²) in [5.41, 5.74) is 2.80. The fourth-order valence-corrected chi connectivity index (χ4v) is 4.20. The minimum absolute atomic E-state index is 0.0916. The van der Waals surface area contributed by atoms with Crippen LogP contribution >= 0.6 is 27.7 Å². The Labute approximate surface area is 210 Å². The van der Waals surface area contributed by atoms with Gasteiger partial charge in [-0.05, 0) is 54.1 Å². The average Bonchev–Trinajstić information content (AvgIpc) is 2.83. The van der Waals surface area contributed by atoms with E-state index in [0.29, 0.717) is 27.3 Å². The lowest BCUT2D eigenvalue weighted by molar-refractivity contribution is -0.137. The van der Waals surface area contributed by atoms with Gasteiger partial charge in [0.25, 0.3) is 11.5 Å². The van der Waals surface area contributed by atoms with Gasteiger partial charge in [0.1, 0.15) is 0 Å². The number of aromatic nitrogens is 2. The highest BCUT2D eigenvalue weighted by atomic mass is 79.9. The van der Waals surface area contributed by atoms with Crippen LogP contribution in [0.25, 0.3) is 16.6 Å². The molecule has 0 aliphatic heterocycles. The van der Waals surface area contributed by atoms with Crippen LogP contribution in [0.4, 0.5) is 13.2 Å². The zero-order valence-corrected chi connectivity index (χ0v) is 20.2. The molecule has 178 valence electrons. The average molecular weight is 561 g/mol. The van der Waals surface area contributed by atoms with E-state index in [0.717, 1.165) is 28.4 Å². The van der Waals surface area contributed by atoms with Crippen molar-refractivity contribution in [2.75, 3.05) is 5.75 Å². The molecule has 0 spiro atoms. The number of hydrogen-bond donors (Lipinski definition) is 1. The first-order valence-corrected chi connectivity index (χ1v) is 11.9. The van der Waals surface area contributed by atoms with Gasteiger partial charge in [-0.1, -0.05) is 52.0 Å². The number of rotatable bonds is 6. The number of halogens is 4. The number of thioether (sulfide) groups is 1. The van der Waals surface area contributed by atoms with E-state index in [1.165, 1.54) is 22.9 Å². The summed E-state index contributed by atoms with van der Waals surface area (Å²) in [6, 6.07) is 18.5. The number of alkyl halides is 3. The van der Waals surface area contributed by atoms with Gasteiger partial charge in [0.2, 0.25) is 0 Å². The van der Waals surface area contributed by atoms with Crippen LogP contribution in [-0.4, -0.2) is 27.4 Å². The van der Waals surface area contributed by atoms with E-state index in [4.69, 9.17) is 0 Å². The molecule has 0 bridgehead atoms. The minimum Gasteiger partial charge on any atom is -0.272 e. The Morgan fingerprint density at radius 2 is 1.74 bits per heavy atom. The van der Waals surface area contributed by atoms with Crippen molar-refractivity contribution in [1.82, 2.24) is 15.0 Å². The van der Waals surface area contributed by atoms with Crippen molar-refractivity contribution >= 4 is 50.7 Å². The van der Waals surface area contributed by atoms with Gasteiger partial charge in [-0.25, -0.2) is 10.4 Å². The molecule has 0 aliphatic carbocycles. The molecule has 0 saturated heterocycles. The van der Waals surface area contributed by atoms with E-state index in [9.17, 15) is 22.8 Å². The molecule has 11 heteroatoms. The van der Waals surface area contributed by atoms with Crippen LogP contribution in [0.1, 0.15) is 11.1 Å². The molecule has 4 rings (SSSR count). The second-order valence-corrected chi connectivity index (χ2v) is 9.09. The Bertz CT molecular complexity index is 1450. The first kappa shape index (κ1) is 24.7. The Morgan fingerprint density at radius 3 is 2.43 bits per heavy atom. The van der Waals surface area contributed by atoms with Crippen molar-refractivity contribution in [3.8, 4) is 5.69 Å².